The highest BCUT2D eigenvalue weighted by atomic mass is 16.2. The lowest BCUT2D eigenvalue weighted by molar-refractivity contribution is -0.142. The van der Waals surface area contributed by atoms with E-state index in [4.69, 9.17) is 0 Å². The largest absolute Gasteiger partial charge is 0.341 e. The summed E-state index contributed by atoms with van der Waals surface area (Å²) < 4.78 is 1.81. The first-order valence-corrected chi connectivity index (χ1v) is 8.33. The summed E-state index contributed by atoms with van der Waals surface area (Å²) in [6.45, 7) is 11.1. The Morgan fingerprint density at radius 2 is 2.04 bits per heavy atom. The van der Waals surface area contributed by atoms with Crippen molar-refractivity contribution in [1.29, 1.82) is 0 Å². The van der Waals surface area contributed by atoms with Crippen molar-refractivity contribution in [2.45, 2.75) is 53.5 Å². The van der Waals surface area contributed by atoms with E-state index in [9.17, 15) is 9.59 Å². The highest BCUT2D eigenvalue weighted by Crippen LogP contribution is 2.24. The van der Waals surface area contributed by atoms with Gasteiger partial charge in [-0.15, -0.1) is 0 Å². The number of carbonyl (C=O) groups is 2. The summed E-state index contributed by atoms with van der Waals surface area (Å²) in [7, 11) is 0. The van der Waals surface area contributed by atoms with Gasteiger partial charge in [0, 0.05) is 30.7 Å². The fourth-order valence-corrected chi connectivity index (χ4v) is 2.78. The molecule has 0 spiro atoms. The highest BCUT2D eigenvalue weighted by molar-refractivity contribution is 5.93. The second-order valence-corrected chi connectivity index (χ2v) is 7.63. The van der Waals surface area contributed by atoms with Crippen LogP contribution in [0.2, 0.25) is 0 Å². The van der Waals surface area contributed by atoms with Crippen molar-refractivity contribution in [3.05, 3.63) is 12.4 Å². The molecular weight excluding hydrogens is 292 g/mol. The van der Waals surface area contributed by atoms with Gasteiger partial charge in [-0.3, -0.25) is 14.3 Å². The molecule has 1 aromatic rings. The van der Waals surface area contributed by atoms with Gasteiger partial charge in [0.05, 0.1) is 17.8 Å². The Morgan fingerprint density at radius 1 is 1.35 bits per heavy atom. The van der Waals surface area contributed by atoms with Crippen LogP contribution in [0, 0.1) is 11.3 Å². The van der Waals surface area contributed by atoms with E-state index >= 15 is 0 Å². The highest BCUT2D eigenvalue weighted by Gasteiger charge is 2.33. The number of aromatic nitrogens is 2. The van der Waals surface area contributed by atoms with E-state index in [0.717, 1.165) is 19.4 Å². The molecule has 6 nitrogen and oxygen atoms in total. The van der Waals surface area contributed by atoms with Crippen LogP contribution in [-0.2, 0) is 9.59 Å². The maximum absolute atomic E-state index is 12.5. The second kappa shape index (κ2) is 6.72. The molecule has 0 bridgehead atoms. The van der Waals surface area contributed by atoms with Crippen LogP contribution in [0.1, 0.15) is 53.5 Å². The number of hydrogen-bond donors (Lipinski definition) is 1. The van der Waals surface area contributed by atoms with Crippen LogP contribution in [0.4, 0.5) is 5.69 Å². The van der Waals surface area contributed by atoms with E-state index in [1.807, 2.05) is 50.4 Å². The topological polar surface area (TPSA) is 67.2 Å². The van der Waals surface area contributed by atoms with Gasteiger partial charge < -0.3 is 10.2 Å². The summed E-state index contributed by atoms with van der Waals surface area (Å²) in [6, 6.07) is 0.259. The molecule has 2 rings (SSSR count). The normalized spacial score (nSPS) is 19.0. The zero-order valence-electron chi connectivity index (χ0n) is 14.8. The van der Waals surface area contributed by atoms with E-state index in [1.165, 1.54) is 0 Å². The Morgan fingerprint density at radius 3 is 2.61 bits per heavy atom. The molecule has 0 aromatic carbocycles. The van der Waals surface area contributed by atoms with Gasteiger partial charge in [0.2, 0.25) is 11.8 Å². The molecule has 0 radical (unpaired) electrons. The standard InChI is InChI=1S/C17H28N4O2/c1-12(2)21-11-14(9-18-21)19-15(22)13-7-6-8-20(10-13)16(23)17(3,4)5/h9,11-13H,6-8,10H2,1-5H3,(H,19,22)/t13-/m0/s1. The lowest BCUT2D eigenvalue weighted by atomic mass is 9.91. The third-order valence-electron chi connectivity index (χ3n) is 4.12. The molecule has 1 fully saturated rings. The predicted octanol–water partition coefficient (Wildman–Crippen LogP) is 2.69. The third kappa shape index (κ3) is 4.33. The molecule has 1 saturated heterocycles. The minimum atomic E-state index is -0.406. The Hall–Kier alpha value is -1.85. The molecule has 1 N–H and O–H groups in total. The molecule has 1 atom stereocenters. The molecule has 2 heterocycles. The van der Waals surface area contributed by atoms with Crippen LogP contribution in [0.3, 0.4) is 0 Å². The van der Waals surface area contributed by atoms with Gasteiger partial charge in [0.15, 0.2) is 0 Å². The van der Waals surface area contributed by atoms with Crippen molar-refractivity contribution < 1.29 is 9.59 Å². The van der Waals surface area contributed by atoms with Gasteiger partial charge >= 0.3 is 0 Å². The van der Waals surface area contributed by atoms with Gasteiger partial charge in [0.1, 0.15) is 0 Å². The first-order valence-electron chi connectivity index (χ1n) is 8.33. The average molecular weight is 320 g/mol. The van der Waals surface area contributed by atoms with E-state index < -0.39 is 5.41 Å². The van der Waals surface area contributed by atoms with Gasteiger partial charge in [0.25, 0.3) is 0 Å². The van der Waals surface area contributed by atoms with Crippen molar-refractivity contribution in [1.82, 2.24) is 14.7 Å². The summed E-state index contributed by atoms with van der Waals surface area (Å²) in [4.78, 5) is 26.7. The number of rotatable bonds is 3. The van der Waals surface area contributed by atoms with E-state index in [-0.39, 0.29) is 23.8 Å². The fourth-order valence-electron chi connectivity index (χ4n) is 2.78. The summed E-state index contributed by atoms with van der Waals surface area (Å²) >= 11 is 0. The Labute approximate surface area is 138 Å². The number of hydrogen-bond acceptors (Lipinski definition) is 3. The Bertz CT molecular complexity index is 571. The average Bonchev–Trinajstić information content (AvgIpc) is 2.94. The van der Waals surface area contributed by atoms with E-state index in [0.29, 0.717) is 12.2 Å². The number of likely N-dealkylation sites (tertiary alicyclic amines) is 1. The third-order valence-corrected chi connectivity index (χ3v) is 4.12. The van der Waals surface area contributed by atoms with Crippen LogP contribution in [0.5, 0.6) is 0 Å². The summed E-state index contributed by atoms with van der Waals surface area (Å²) in [5.74, 6) is -0.0696. The molecule has 23 heavy (non-hydrogen) atoms. The maximum atomic E-state index is 12.5. The predicted molar refractivity (Wildman–Crippen MR) is 90.0 cm³/mol. The van der Waals surface area contributed by atoms with Crippen molar-refractivity contribution in [2.75, 3.05) is 18.4 Å². The monoisotopic (exact) mass is 320 g/mol. The summed E-state index contributed by atoms with van der Waals surface area (Å²) in [5.41, 5.74) is 0.305. The van der Waals surface area contributed by atoms with E-state index in [2.05, 4.69) is 10.4 Å². The molecule has 1 aliphatic rings. The van der Waals surface area contributed by atoms with Crippen LogP contribution < -0.4 is 5.32 Å². The quantitative estimate of drug-likeness (QED) is 0.931. The van der Waals surface area contributed by atoms with E-state index in [1.54, 1.807) is 6.20 Å². The number of carbonyl (C=O) groups excluding carboxylic acids is 2. The summed E-state index contributed by atoms with van der Waals surface area (Å²) in [6.07, 6.45) is 5.19. The number of piperidine rings is 1. The minimum absolute atomic E-state index is 0.0280. The van der Waals surface area contributed by atoms with Crippen LogP contribution >= 0.6 is 0 Å². The smallest absolute Gasteiger partial charge is 0.229 e. The number of nitrogens with zero attached hydrogens (tertiary/aromatic N) is 3. The molecule has 0 aliphatic carbocycles. The van der Waals surface area contributed by atoms with Gasteiger partial charge in [-0.05, 0) is 26.7 Å². The van der Waals surface area contributed by atoms with Gasteiger partial charge in [-0.25, -0.2) is 0 Å². The molecule has 0 saturated carbocycles. The lowest BCUT2D eigenvalue weighted by Gasteiger charge is -2.35. The fraction of sp³-hybridized carbons (Fsp3) is 0.706. The molecular formula is C17H28N4O2. The second-order valence-electron chi connectivity index (χ2n) is 7.63. The van der Waals surface area contributed by atoms with Crippen LogP contribution in [0.25, 0.3) is 0 Å². The first kappa shape index (κ1) is 17.5. The zero-order chi connectivity index (χ0) is 17.2. The lowest BCUT2D eigenvalue weighted by Crippen LogP contribution is -2.47. The van der Waals surface area contributed by atoms with Crippen LogP contribution in [-0.4, -0.2) is 39.6 Å². The van der Waals surface area contributed by atoms with Crippen molar-refractivity contribution in [3.8, 4) is 0 Å². The zero-order valence-corrected chi connectivity index (χ0v) is 14.8. The summed E-state index contributed by atoms with van der Waals surface area (Å²) in [5, 5.41) is 7.15. The Balaban J connectivity index is 1.97. The Kier molecular flexibility index (Phi) is 5.12. The number of amides is 2. The minimum Gasteiger partial charge on any atom is -0.341 e. The molecule has 6 heteroatoms. The van der Waals surface area contributed by atoms with Crippen molar-refractivity contribution in [3.63, 3.8) is 0 Å². The van der Waals surface area contributed by atoms with Crippen LogP contribution in [0.15, 0.2) is 12.4 Å². The molecule has 1 aromatic heterocycles. The first-order chi connectivity index (χ1) is 10.7. The molecule has 0 unspecified atom stereocenters. The van der Waals surface area contributed by atoms with Gasteiger partial charge in [-0.1, -0.05) is 20.8 Å². The number of anilines is 1. The maximum Gasteiger partial charge on any atom is 0.229 e. The molecule has 2 amide bonds. The number of nitrogens with one attached hydrogen (secondary N) is 1. The van der Waals surface area contributed by atoms with Crippen molar-refractivity contribution in [2.24, 2.45) is 11.3 Å². The van der Waals surface area contributed by atoms with Gasteiger partial charge in [-0.2, -0.15) is 5.10 Å². The SMILES string of the molecule is CC(C)n1cc(NC(=O)[C@H]2CCCN(C(=O)C(C)(C)C)C2)cn1. The molecule has 1 aliphatic heterocycles. The van der Waals surface area contributed by atoms with Crippen molar-refractivity contribution >= 4 is 17.5 Å². The molecule has 128 valence electrons.